The van der Waals surface area contributed by atoms with Gasteiger partial charge in [0.25, 0.3) is 5.91 Å². The molecule has 1 aliphatic heterocycles. The highest BCUT2D eigenvalue weighted by atomic mass is 16.5. The lowest BCUT2D eigenvalue weighted by Crippen LogP contribution is -2.27. The predicted octanol–water partition coefficient (Wildman–Crippen LogP) is 3.08. The van der Waals surface area contributed by atoms with Gasteiger partial charge in [0, 0.05) is 18.5 Å². The molecule has 1 aromatic heterocycles. The van der Waals surface area contributed by atoms with Crippen molar-refractivity contribution in [1.29, 1.82) is 0 Å². The summed E-state index contributed by atoms with van der Waals surface area (Å²) in [4.78, 5) is 35.9. The van der Waals surface area contributed by atoms with E-state index in [0.29, 0.717) is 29.6 Å². The minimum atomic E-state index is -0.389. The zero-order valence-electron chi connectivity index (χ0n) is 15.8. The van der Waals surface area contributed by atoms with Gasteiger partial charge in [-0.3, -0.25) is 4.79 Å². The quantitative estimate of drug-likeness (QED) is 0.693. The number of nitrogens with two attached hydrogens (primary N) is 1. The number of rotatable bonds is 3. The second-order valence-corrected chi connectivity index (χ2v) is 7.55. The summed E-state index contributed by atoms with van der Waals surface area (Å²) in [6.45, 7) is 1.04. The fraction of sp³-hybridized carbons (Fsp3) is 0.273. The average Bonchev–Trinajstić information content (AvgIpc) is 3.13. The van der Waals surface area contributed by atoms with Crippen LogP contribution in [0.15, 0.2) is 42.5 Å². The minimum Gasteiger partial charge on any atom is -0.459 e. The van der Waals surface area contributed by atoms with Crippen molar-refractivity contribution < 1.29 is 14.3 Å². The smallest absolute Gasteiger partial charge is 0.338 e. The van der Waals surface area contributed by atoms with Gasteiger partial charge in [-0.15, -0.1) is 0 Å². The maximum atomic E-state index is 13.3. The molecule has 1 aliphatic carbocycles. The summed E-state index contributed by atoms with van der Waals surface area (Å²) >= 11 is 0. The maximum Gasteiger partial charge on any atom is 0.338 e. The van der Waals surface area contributed by atoms with E-state index >= 15 is 0 Å². The molecule has 7 heteroatoms. The third kappa shape index (κ3) is 3.18. The van der Waals surface area contributed by atoms with E-state index < -0.39 is 0 Å². The van der Waals surface area contributed by atoms with Gasteiger partial charge in [-0.1, -0.05) is 24.3 Å². The zero-order valence-corrected chi connectivity index (χ0v) is 15.8. The number of carbonyl (C=O) groups excluding carboxylic acids is 2. The number of fused-ring (bicyclic) bond motifs is 2. The largest absolute Gasteiger partial charge is 0.459 e. The Morgan fingerprint density at radius 3 is 2.41 bits per heavy atom. The first-order chi connectivity index (χ1) is 14.1. The van der Waals surface area contributed by atoms with Crippen molar-refractivity contribution in [2.45, 2.75) is 38.5 Å². The van der Waals surface area contributed by atoms with Crippen LogP contribution >= 0.6 is 0 Å². The SMILES string of the molecule is Nc1nc(C(=O)N2Cc3ccccc3C2)c2cc(C(=O)OC3CCC3)ccc2n1. The van der Waals surface area contributed by atoms with Gasteiger partial charge in [-0.25, -0.2) is 14.8 Å². The van der Waals surface area contributed by atoms with Crippen LogP contribution in [0.2, 0.25) is 0 Å². The average molecular weight is 388 g/mol. The first kappa shape index (κ1) is 17.6. The number of hydrogen-bond donors (Lipinski definition) is 1. The van der Waals surface area contributed by atoms with Crippen LogP contribution in [0.5, 0.6) is 0 Å². The van der Waals surface area contributed by atoms with Crippen LogP contribution in [0.3, 0.4) is 0 Å². The Balaban J connectivity index is 1.49. The lowest BCUT2D eigenvalue weighted by molar-refractivity contribution is 0.00901. The third-order valence-corrected chi connectivity index (χ3v) is 5.61. The Morgan fingerprint density at radius 1 is 1.03 bits per heavy atom. The molecule has 2 aliphatic rings. The molecule has 1 amide bonds. The number of hydrogen-bond acceptors (Lipinski definition) is 6. The number of aromatic nitrogens is 2. The molecule has 3 aromatic rings. The van der Waals surface area contributed by atoms with Crippen molar-refractivity contribution in [2.75, 3.05) is 5.73 Å². The normalized spacial score (nSPS) is 15.8. The highest BCUT2D eigenvalue weighted by molar-refractivity contribution is 6.06. The van der Waals surface area contributed by atoms with Crippen LogP contribution < -0.4 is 5.73 Å². The molecule has 0 saturated heterocycles. The molecule has 0 spiro atoms. The molecule has 0 radical (unpaired) electrons. The Hall–Kier alpha value is -3.48. The lowest BCUT2D eigenvalue weighted by Gasteiger charge is -2.25. The number of nitrogens with zero attached hydrogens (tertiary/aromatic N) is 3. The van der Waals surface area contributed by atoms with Crippen molar-refractivity contribution in [3.05, 3.63) is 64.8 Å². The Bertz CT molecular complexity index is 1120. The highest BCUT2D eigenvalue weighted by Crippen LogP contribution is 2.28. The van der Waals surface area contributed by atoms with Crippen molar-refractivity contribution in [2.24, 2.45) is 0 Å². The van der Waals surface area contributed by atoms with Crippen LogP contribution in [-0.2, 0) is 17.8 Å². The van der Waals surface area contributed by atoms with Crippen LogP contribution in [0, 0.1) is 0 Å². The van der Waals surface area contributed by atoms with Gasteiger partial charge in [0.15, 0.2) is 0 Å². The Kier molecular flexibility index (Phi) is 4.16. The summed E-state index contributed by atoms with van der Waals surface area (Å²) in [5.74, 6) is -0.590. The lowest BCUT2D eigenvalue weighted by atomic mass is 9.96. The van der Waals surface area contributed by atoms with Gasteiger partial charge in [0.05, 0.1) is 11.1 Å². The molecule has 5 rings (SSSR count). The molecule has 146 valence electrons. The molecule has 0 bridgehead atoms. The number of anilines is 1. The summed E-state index contributed by atoms with van der Waals surface area (Å²) in [5.41, 5.74) is 9.21. The molecule has 7 nitrogen and oxygen atoms in total. The molecule has 2 heterocycles. The van der Waals surface area contributed by atoms with E-state index in [2.05, 4.69) is 9.97 Å². The van der Waals surface area contributed by atoms with Crippen LogP contribution in [0.25, 0.3) is 10.9 Å². The van der Waals surface area contributed by atoms with Gasteiger partial charge < -0.3 is 15.4 Å². The first-order valence-electron chi connectivity index (χ1n) is 9.73. The van der Waals surface area contributed by atoms with E-state index in [0.717, 1.165) is 30.4 Å². The standard InChI is InChI=1S/C22H20N4O3/c23-22-24-18-9-8-13(21(28)29-16-6-3-7-16)10-17(18)19(25-22)20(27)26-11-14-4-1-2-5-15(14)12-26/h1-2,4-5,8-10,16H,3,6-7,11-12H2,(H2,23,24,25). The Morgan fingerprint density at radius 2 is 1.76 bits per heavy atom. The predicted molar refractivity (Wildman–Crippen MR) is 107 cm³/mol. The topological polar surface area (TPSA) is 98.4 Å². The number of ether oxygens (including phenoxy) is 1. The van der Waals surface area contributed by atoms with E-state index in [1.54, 1.807) is 23.1 Å². The molecule has 1 fully saturated rings. The highest BCUT2D eigenvalue weighted by Gasteiger charge is 2.28. The van der Waals surface area contributed by atoms with Crippen LogP contribution in [0.4, 0.5) is 5.95 Å². The molecule has 2 aromatic carbocycles. The summed E-state index contributed by atoms with van der Waals surface area (Å²) in [5, 5.41) is 0.503. The number of amides is 1. The fourth-order valence-corrected chi connectivity index (χ4v) is 3.77. The molecular weight excluding hydrogens is 368 g/mol. The van der Waals surface area contributed by atoms with Crippen molar-refractivity contribution in [3.63, 3.8) is 0 Å². The van der Waals surface area contributed by atoms with E-state index in [-0.39, 0.29) is 29.6 Å². The first-order valence-corrected chi connectivity index (χ1v) is 9.73. The number of carbonyl (C=O) groups is 2. The third-order valence-electron chi connectivity index (χ3n) is 5.61. The monoisotopic (exact) mass is 388 g/mol. The van der Waals surface area contributed by atoms with Gasteiger partial charge in [-0.05, 0) is 48.6 Å². The van der Waals surface area contributed by atoms with Gasteiger partial charge in [0.1, 0.15) is 11.8 Å². The summed E-state index contributed by atoms with van der Waals surface area (Å²) in [7, 11) is 0. The van der Waals surface area contributed by atoms with E-state index in [1.165, 1.54) is 0 Å². The maximum absolute atomic E-state index is 13.3. The summed E-state index contributed by atoms with van der Waals surface area (Å²) in [6, 6.07) is 12.9. The second-order valence-electron chi connectivity index (χ2n) is 7.55. The van der Waals surface area contributed by atoms with E-state index in [4.69, 9.17) is 10.5 Å². The van der Waals surface area contributed by atoms with Crippen molar-refractivity contribution in [1.82, 2.24) is 14.9 Å². The number of nitrogen functional groups attached to an aromatic ring is 1. The molecule has 0 atom stereocenters. The van der Waals surface area contributed by atoms with Crippen molar-refractivity contribution in [3.8, 4) is 0 Å². The number of esters is 1. The zero-order chi connectivity index (χ0) is 20.0. The van der Waals surface area contributed by atoms with Gasteiger partial charge in [-0.2, -0.15) is 0 Å². The molecular formula is C22H20N4O3. The van der Waals surface area contributed by atoms with Crippen molar-refractivity contribution >= 4 is 28.7 Å². The van der Waals surface area contributed by atoms with E-state index in [1.807, 2.05) is 24.3 Å². The molecule has 0 unspecified atom stereocenters. The molecule has 2 N–H and O–H groups in total. The summed E-state index contributed by atoms with van der Waals surface area (Å²) < 4.78 is 5.49. The summed E-state index contributed by atoms with van der Waals surface area (Å²) in [6.07, 6.45) is 2.88. The molecule has 29 heavy (non-hydrogen) atoms. The molecule has 1 saturated carbocycles. The van der Waals surface area contributed by atoms with E-state index in [9.17, 15) is 9.59 Å². The second kappa shape index (κ2) is 6.84. The minimum absolute atomic E-state index is 0.00919. The number of benzene rings is 2. The fourth-order valence-electron chi connectivity index (χ4n) is 3.77. The van der Waals surface area contributed by atoms with Gasteiger partial charge >= 0.3 is 5.97 Å². The van der Waals surface area contributed by atoms with Crippen LogP contribution in [-0.4, -0.2) is 32.8 Å². The van der Waals surface area contributed by atoms with Crippen LogP contribution in [0.1, 0.15) is 51.2 Å². The Labute approximate surface area is 167 Å². The van der Waals surface area contributed by atoms with Gasteiger partial charge in [0.2, 0.25) is 5.95 Å².